The molecule has 0 bridgehead atoms. The molecule has 0 saturated carbocycles. The molecule has 0 unspecified atom stereocenters. The van der Waals surface area contributed by atoms with Crippen LogP contribution in [-0.4, -0.2) is 35.8 Å². The molecule has 130 valence electrons. The van der Waals surface area contributed by atoms with Crippen LogP contribution in [0.2, 0.25) is 6.82 Å². The molecule has 1 aromatic carbocycles. The maximum Gasteiger partial charge on any atom is 0.373 e. The zero-order valence-electron chi connectivity index (χ0n) is 13.9. The van der Waals surface area contributed by atoms with Crippen molar-refractivity contribution in [2.45, 2.75) is 45.3 Å². The molecular weight excluding hydrogens is 377 g/mol. The summed E-state index contributed by atoms with van der Waals surface area (Å²) in [6.45, 7) is 4.63. The zero-order chi connectivity index (χ0) is 17.9. The standard InChI is InChI=1S/C16H21BBrNO5/c1-16(2)23-14(20)13(15(21)24-16)9-12(19-17(3)22)8-10-4-6-11(18)7-5-10/h4-7,12-13,19,22H,8-9H2,1-3H3/t12-/m1/s1. The molecule has 1 aliphatic rings. The van der Waals surface area contributed by atoms with Crippen molar-refractivity contribution in [1.82, 2.24) is 5.23 Å². The third-order valence-corrected chi connectivity index (χ3v) is 4.18. The summed E-state index contributed by atoms with van der Waals surface area (Å²) in [5, 5.41) is 12.6. The van der Waals surface area contributed by atoms with Crippen molar-refractivity contribution in [3.8, 4) is 0 Å². The molecule has 6 nitrogen and oxygen atoms in total. The smallest absolute Gasteiger partial charge is 0.373 e. The topological polar surface area (TPSA) is 84.9 Å². The van der Waals surface area contributed by atoms with E-state index in [1.807, 2.05) is 24.3 Å². The Labute approximate surface area is 150 Å². The van der Waals surface area contributed by atoms with Gasteiger partial charge >= 0.3 is 19.0 Å². The summed E-state index contributed by atoms with van der Waals surface area (Å²) in [6, 6.07) is 7.45. The highest BCUT2D eigenvalue weighted by Crippen LogP contribution is 2.26. The van der Waals surface area contributed by atoms with Gasteiger partial charge in [0.25, 0.3) is 5.79 Å². The lowest BCUT2D eigenvalue weighted by Crippen LogP contribution is -2.50. The van der Waals surface area contributed by atoms with Crippen molar-refractivity contribution in [3.05, 3.63) is 34.3 Å². The molecule has 1 fully saturated rings. The Hall–Kier alpha value is -1.38. The minimum absolute atomic E-state index is 0.189. The minimum atomic E-state index is -1.23. The first kappa shape index (κ1) is 19.0. The molecule has 0 radical (unpaired) electrons. The number of carbonyl (C=O) groups excluding carboxylic acids is 2. The Morgan fingerprint density at radius 3 is 2.29 bits per heavy atom. The van der Waals surface area contributed by atoms with Gasteiger partial charge in [0.1, 0.15) is 0 Å². The number of ether oxygens (including phenoxy) is 2. The first-order chi connectivity index (χ1) is 11.2. The Morgan fingerprint density at radius 1 is 1.25 bits per heavy atom. The summed E-state index contributed by atoms with van der Waals surface area (Å²) >= 11 is 3.38. The lowest BCUT2D eigenvalue weighted by molar-refractivity contribution is -0.240. The van der Waals surface area contributed by atoms with Gasteiger partial charge in [0.2, 0.25) is 0 Å². The number of carbonyl (C=O) groups is 2. The van der Waals surface area contributed by atoms with Gasteiger partial charge in [-0.2, -0.15) is 0 Å². The number of nitrogens with one attached hydrogen (secondary N) is 1. The minimum Gasteiger partial charge on any atom is -0.437 e. The highest BCUT2D eigenvalue weighted by molar-refractivity contribution is 9.10. The predicted molar refractivity (Wildman–Crippen MR) is 93.0 cm³/mol. The number of halogens is 1. The highest BCUT2D eigenvalue weighted by atomic mass is 79.9. The van der Waals surface area contributed by atoms with E-state index in [1.54, 1.807) is 6.82 Å². The van der Waals surface area contributed by atoms with Crippen molar-refractivity contribution >= 4 is 34.9 Å². The molecular formula is C16H21BBrNO5. The van der Waals surface area contributed by atoms with E-state index in [9.17, 15) is 14.6 Å². The highest BCUT2D eigenvalue weighted by Gasteiger charge is 2.44. The third kappa shape index (κ3) is 5.32. The molecule has 24 heavy (non-hydrogen) atoms. The maximum absolute atomic E-state index is 12.1. The molecule has 0 aromatic heterocycles. The van der Waals surface area contributed by atoms with Crippen LogP contribution >= 0.6 is 15.9 Å². The van der Waals surface area contributed by atoms with Crippen LogP contribution in [0.4, 0.5) is 0 Å². The van der Waals surface area contributed by atoms with E-state index in [2.05, 4.69) is 21.2 Å². The lowest BCUT2D eigenvalue weighted by Gasteiger charge is -2.34. The quantitative estimate of drug-likeness (QED) is 0.433. The maximum atomic E-state index is 12.1. The van der Waals surface area contributed by atoms with Crippen molar-refractivity contribution in [2.24, 2.45) is 5.92 Å². The second-order valence-corrected chi connectivity index (χ2v) is 7.32. The molecule has 1 aromatic rings. The summed E-state index contributed by atoms with van der Waals surface area (Å²) in [4.78, 5) is 24.2. The van der Waals surface area contributed by atoms with E-state index in [1.165, 1.54) is 13.8 Å². The van der Waals surface area contributed by atoms with E-state index < -0.39 is 30.7 Å². The Balaban J connectivity index is 2.09. The van der Waals surface area contributed by atoms with E-state index in [-0.39, 0.29) is 12.5 Å². The van der Waals surface area contributed by atoms with Gasteiger partial charge in [-0.15, -0.1) is 0 Å². The monoisotopic (exact) mass is 397 g/mol. The lowest BCUT2D eigenvalue weighted by atomic mass is 9.83. The van der Waals surface area contributed by atoms with Crippen molar-refractivity contribution in [3.63, 3.8) is 0 Å². The van der Waals surface area contributed by atoms with Crippen LogP contribution in [0.15, 0.2) is 28.7 Å². The summed E-state index contributed by atoms with van der Waals surface area (Å²) < 4.78 is 11.3. The van der Waals surface area contributed by atoms with Gasteiger partial charge < -0.3 is 19.7 Å². The molecule has 1 heterocycles. The first-order valence-corrected chi connectivity index (χ1v) is 8.60. The van der Waals surface area contributed by atoms with Crippen molar-refractivity contribution in [1.29, 1.82) is 0 Å². The van der Waals surface area contributed by atoms with Crippen LogP contribution in [0.3, 0.4) is 0 Å². The molecule has 2 rings (SSSR count). The van der Waals surface area contributed by atoms with Crippen LogP contribution in [-0.2, 0) is 25.5 Å². The number of rotatable bonds is 6. The summed E-state index contributed by atoms with van der Waals surface area (Å²) in [6.07, 6.45) is 0.743. The van der Waals surface area contributed by atoms with Gasteiger partial charge in [0.05, 0.1) is 0 Å². The van der Waals surface area contributed by atoms with Crippen LogP contribution in [0.25, 0.3) is 0 Å². The number of benzene rings is 1. The molecule has 0 aliphatic carbocycles. The van der Waals surface area contributed by atoms with Crippen LogP contribution in [0.5, 0.6) is 0 Å². The second-order valence-electron chi connectivity index (χ2n) is 6.40. The number of esters is 2. The zero-order valence-corrected chi connectivity index (χ0v) is 15.5. The molecule has 1 atom stereocenters. The molecule has 8 heteroatoms. The molecule has 1 aliphatic heterocycles. The van der Waals surface area contributed by atoms with Gasteiger partial charge in [0, 0.05) is 24.4 Å². The average molecular weight is 398 g/mol. The Bertz CT molecular complexity index is 585. The second kappa shape index (κ2) is 7.67. The van der Waals surface area contributed by atoms with Gasteiger partial charge in [-0.1, -0.05) is 28.1 Å². The fourth-order valence-corrected chi connectivity index (χ4v) is 2.94. The van der Waals surface area contributed by atoms with Gasteiger partial charge in [-0.3, -0.25) is 9.59 Å². The molecule has 0 amide bonds. The number of cyclic esters (lactones) is 2. The van der Waals surface area contributed by atoms with Crippen molar-refractivity contribution in [2.75, 3.05) is 0 Å². The Kier molecular flexibility index (Phi) is 6.06. The Morgan fingerprint density at radius 2 is 1.79 bits per heavy atom. The predicted octanol–water partition coefficient (Wildman–Crippen LogP) is 1.90. The third-order valence-electron chi connectivity index (χ3n) is 3.65. The van der Waals surface area contributed by atoms with Gasteiger partial charge in [-0.25, -0.2) is 0 Å². The van der Waals surface area contributed by atoms with E-state index in [0.717, 1.165) is 10.0 Å². The van der Waals surface area contributed by atoms with E-state index in [4.69, 9.17) is 9.47 Å². The van der Waals surface area contributed by atoms with E-state index >= 15 is 0 Å². The SMILES string of the molecule is CB(O)N[C@H](Cc1ccc(Br)cc1)CC1C(=O)OC(C)(C)OC1=O. The fourth-order valence-electron chi connectivity index (χ4n) is 2.68. The van der Waals surface area contributed by atoms with Crippen LogP contribution in [0, 0.1) is 5.92 Å². The summed E-state index contributed by atoms with van der Waals surface area (Å²) in [7, 11) is -0.766. The molecule has 2 N–H and O–H groups in total. The molecule has 1 saturated heterocycles. The summed E-state index contributed by atoms with van der Waals surface area (Å²) in [5.74, 6) is -3.41. The largest absolute Gasteiger partial charge is 0.437 e. The normalized spacial score (nSPS) is 18.7. The van der Waals surface area contributed by atoms with Crippen molar-refractivity contribution < 1.29 is 24.1 Å². The van der Waals surface area contributed by atoms with Crippen LogP contribution in [0.1, 0.15) is 25.8 Å². The number of hydrogen-bond acceptors (Lipinski definition) is 6. The van der Waals surface area contributed by atoms with Gasteiger partial charge in [-0.05, 0) is 37.4 Å². The van der Waals surface area contributed by atoms with Crippen LogP contribution < -0.4 is 5.23 Å². The fraction of sp³-hybridized carbons (Fsp3) is 0.500. The van der Waals surface area contributed by atoms with Gasteiger partial charge in [0.15, 0.2) is 5.92 Å². The molecule has 0 spiro atoms. The first-order valence-electron chi connectivity index (χ1n) is 7.80. The number of hydrogen-bond donors (Lipinski definition) is 2. The summed E-state index contributed by atoms with van der Waals surface area (Å²) in [5.41, 5.74) is 1.02. The average Bonchev–Trinajstić information content (AvgIpc) is 2.43. The van der Waals surface area contributed by atoms with E-state index in [0.29, 0.717) is 6.42 Å².